The van der Waals surface area contributed by atoms with E-state index in [1.54, 1.807) is 23.7 Å². The highest BCUT2D eigenvalue weighted by Crippen LogP contribution is 2.22. The van der Waals surface area contributed by atoms with E-state index in [0.29, 0.717) is 18.2 Å². The number of carbonyl (C=O) groups excluding carboxylic acids is 1. The van der Waals surface area contributed by atoms with Crippen molar-refractivity contribution in [1.82, 2.24) is 20.2 Å². The largest absolute Gasteiger partial charge is 0.337 e. The third kappa shape index (κ3) is 6.27. The van der Waals surface area contributed by atoms with Crippen molar-refractivity contribution in [3.63, 3.8) is 0 Å². The van der Waals surface area contributed by atoms with Gasteiger partial charge in [-0.2, -0.15) is 11.3 Å². The fraction of sp³-hybridized carbons (Fsp3) is 0.286. The molecule has 3 aromatic rings. The zero-order valence-corrected chi connectivity index (χ0v) is 17.5. The van der Waals surface area contributed by atoms with E-state index in [9.17, 15) is 4.79 Å². The Balaban J connectivity index is 1.53. The van der Waals surface area contributed by atoms with Crippen LogP contribution in [0.2, 0.25) is 0 Å². The summed E-state index contributed by atoms with van der Waals surface area (Å²) in [5, 5.41) is 13.0. The van der Waals surface area contributed by atoms with E-state index in [-0.39, 0.29) is 6.03 Å². The molecule has 0 radical (unpaired) electrons. The van der Waals surface area contributed by atoms with Gasteiger partial charge in [-0.25, -0.2) is 14.8 Å². The van der Waals surface area contributed by atoms with Gasteiger partial charge < -0.3 is 20.9 Å². The molecule has 7 nitrogen and oxygen atoms in total. The Morgan fingerprint density at radius 1 is 1.07 bits per heavy atom. The van der Waals surface area contributed by atoms with E-state index in [1.165, 1.54) is 0 Å². The third-order valence-corrected chi connectivity index (χ3v) is 5.17. The van der Waals surface area contributed by atoms with Crippen molar-refractivity contribution < 1.29 is 4.79 Å². The fourth-order valence-electron chi connectivity index (χ4n) is 2.82. The van der Waals surface area contributed by atoms with Crippen LogP contribution in [0.4, 0.5) is 22.1 Å². The average Bonchev–Trinajstić information content (AvgIpc) is 3.27. The fourth-order valence-corrected chi connectivity index (χ4v) is 3.48. The number of carbonyl (C=O) groups is 1. The molecule has 2 heterocycles. The minimum atomic E-state index is -0.217. The number of aromatic nitrogens is 2. The second kappa shape index (κ2) is 10.5. The van der Waals surface area contributed by atoms with Crippen molar-refractivity contribution in [3.05, 3.63) is 53.5 Å². The van der Waals surface area contributed by atoms with Crippen molar-refractivity contribution in [3.8, 4) is 11.1 Å². The SMILES string of the molecule is CCN(CC)CCNC(=O)Nc1cccc(Nc2ncc(-c3ccsc3)cn2)c1. The Kier molecular flexibility index (Phi) is 7.54. The Morgan fingerprint density at radius 3 is 2.52 bits per heavy atom. The minimum absolute atomic E-state index is 0.217. The topological polar surface area (TPSA) is 82.2 Å². The van der Waals surface area contributed by atoms with E-state index in [1.807, 2.05) is 35.7 Å². The molecule has 8 heteroatoms. The summed E-state index contributed by atoms with van der Waals surface area (Å²) in [7, 11) is 0. The summed E-state index contributed by atoms with van der Waals surface area (Å²) in [6.45, 7) is 7.62. The number of urea groups is 1. The van der Waals surface area contributed by atoms with Crippen molar-refractivity contribution in [2.45, 2.75) is 13.8 Å². The standard InChI is InChI=1S/C21H26N6OS/c1-3-27(4-2)10-9-22-21(28)26-19-7-5-6-18(12-19)25-20-23-13-17(14-24-20)16-8-11-29-15-16/h5-8,11-15H,3-4,9-10H2,1-2H3,(H2,22,26,28)(H,23,24,25). The summed E-state index contributed by atoms with van der Waals surface area (Å²) in [4.78, 5) is 23.1. The molecule has 0 aliphatic carbocycles. The molecule has 0 fully saturated rings. The number of anilines is 3. The zero-order valence-electron chi connectivity index (χ0n) is 16.7. The molecule has 29 heavy (non-hydrogen) atoms. The van der Waals surface area contributed by atoms with Gasteiger partial charge in [-0.05, 0) is 53.7 Å². The molecule has 0 atom stereocenters. The quantitative estimate of drug-likeness (QED) is 0.487. The highest BCUT2D eigenvalue weighted by atomic mass is 32.1. The summed E-state index contributed by atoms with van der Waals surface area (Å²) in [6.07, 6.45) is 3.59. The van der Waals surface area contributed by atoms with Crippen LogP contribution in [0.3, 0.4) is 0 Å². The van der Waals surface area contributed by atoms with Gasteiger partial charge in [-0.15, -0.1) is 0 Å². The van der Waals surface area contributed by atoms with Crippen molar-refractivity contribution in [2.75, 3.05) is 36.8 Å². The minimum Gasteiger partial charge on any atom is -0.337 e. The number of nitrogens with zero attached hydrogens (tertiary/aromatic N) is 3. The van der Waals surface area contributed by atoms with Crippen LogP contribution >= 0.6 is 11.3 Å². The number of hydrogen-bond donors (Lipinski definition) is 3. The lowest BCUT2D eigenvalue weighted by molar-refractivity contribution is 0.248. The van der Waals surface area contributed by atoms with Crippen LogP contribution in [0.5, 0.6) is 0 Å². The van der Waals surface area contributed by atoms with Crippen LogP contribution < -0.4 is 16.0 Å². The van der Waals surface area contributed by atoms with Crippen molar-refractivity contribution in [1.29, 1.82) is 0 Å². The molecule has 0 aliphatic rings. The van der Waals surface area contributed by atoms with Crippen LogP contribution in [0.1, 0.15) is 13.8 Å². The predicted octanol–water partition coefficient (Wildman–Crippen LogP) is 4.41. The summed E-state index contributed by atoms with van der Waals surface area (Å²) in [6, 6.07) is 9.28. The van der Waals surface area contributed by atoms with Gasteiger partial charge >= 0.3 is 6.03 Å². The molecular weight excluding hydrogens is 384 g/mol. The number of rotatable bonds is 9. The molecule has 2 amide bonds. The molecule has 0 aliphatic heterocycles. The van der Waals surface area contributed by atoms with E-state index in [2.05, 4.69) is 50.0 Å². The lowest BCUT2D eigenvalue weighted by Crippen LogP contribution is -2.36. The lowest BCUT2D eigenvalue weighted by Gasteiger charge is -2.18. The molecule has 152 valence electrons. The van der Waals surface area contributed by atoms with Gasteiger partial charge in [-0.3, -0.25) is 0 Å². The molecule has 0 bridgehead atoms. The molecule has 0 saturated carbocycles. The van der Waals surface area contributed by atoms with Crippen molar-refractivity contribution >= 4 is 34.7 Å². The van der Waals surface area contributed by atoms with Gasteiger partial charge in [0, 0.05) is 42.4 Å². The maximum absolute atomic E-state index is 12.1. The molecular formula is C21H26N6OS. The number of benzene rings is 1. The summed E-state index contributed by atoms with van der Waals surface area (Å²) >= 11 is 1.64. The summed E-state index contributed by atoms with van der Waals surface area (Å²) in [5.41, 5.74) is 3.59. The number of amides is 2. The van der Waals surface area contributed by atoms with Gasteiger partial charge in [0.15, 0.2) is 0 Å². The van der Waals surface area contributed by atoms with E-state index >= 15 is 0 Å². The summed E-state index contributed by atoms with van der Waals surface area (Å²) < 4.78 is 0. The normalized spacial score (nSPS) is 10.7. The molecule has 3 rings (SSSR count). The maximum atomic E-state index is 12.1. The maximum Gasteiger partial charge on any atom is 0.319 e. The molecule has 0 unspecified atom stereocenters. The van der Waals surface area contributed by atoms with E-state index in [4.69, 9.17) is 0 Å². The molecule has 3 N–H and O–H groups in total. The van der Waals surface area contributed by atoms with Crippen LogP contribution in [-0.2, 0) is 0 Å². The predicted molar refractivity (Wildman–Crippen MR) is 120 cm³/mol. The van der Waals surface area contributed by atoms with Gasteiger partial charge in [0.1, 0.15) is 0 Å². The Hall–Kier alpha value is -2.97. The Bertz CT molecular complexity index is 894. The molecule has 0 saturated heterocycles. The first-order valence-corrected chi connectivity index (χ1v) is 10.6. The number of likely N-dealkylation sites (N-methyl/N-ethyl adjacent to an activating group) is 1. The first-order valence-electron chi connectivity index (χ1n) is 9.66. The second-order valence-corrected chi connectivity index (χ2v) is 7.20. The Labute approximate surface area is 175 Å². The first kappa shape index (κ1) is 20.8. The summed E-state index contributed by atoms with van der Waals surface area (Å²) in [5.74, 6) is 0.504. The van der Waals surface area contributed by atoms with Gasteiger partial charge in [0.2, 0.25) is 5.95 Å². The molecule has 2 aromatic heterocycles. The van der Waals surface area contributed by atoms with Crippen LogP contribution in [0, 0.1) is 0 Å². The average molecular weight is 411 g/mol. The monoisotopic (exact) mass is 410 g/mol. The number of thiophene rings is 1. The molecule has 1 aromatic carbocycles. The smallest absolute Gasteiger partial charge is 0.319 e. The van der Waals surface area contributed by atoms with Crippen LogP contribution in [0.15, 0.2) is 53.5 Å². The van der Waals surface area contributed by atoms with Gasteiger partial charge in [0.25, 0.3) is 0 Å². The number of hydrogen-bond acceptors (Lipinski definition) is 6. The zero-order chi connectivity index (χ0) is 20.5. The van der Waals surface area contributed by atoms with Gasteiger partial charge in [-0.1, -0.05) is 19.9 Å². The molecule has 0 spiro atoms. The highest BCUT2D eigenvalue weighted by Gasteiger charge is 2.05. The van der Waals surface area contributed by atoms with Gasteiger partial charge in [0.05, 0.1) is 0 Å². The number of nitrogens with one attached hydrogen (secondary N) is 3. The second-order valence-electron chi connectivity index (χ2n) is 6.42. The Morgan fingerprint density at radius 2 is 1.83 bits per heavy atom. The highest BCUT2D eigenvalue weighted by molar-refractivity contribution is 7.08. The van der Waals surface area contributed by atoms with E-state index < -0.39 is 0 Å². The first-order chi connectivity index (χ1) is 14.2. The third-order valence-electron chi connectivity index (χ3n) is 4.49. The van der Waals surface area contributed by atoms with Crippen LogP contribution in [0.25, 0.3) is 11.1 Å². The van der Waals surface area contributed by atoms with Crippen molar-refractivity contribution in [2.24, 2.45) is 0 Å². The van der Waals surface area contributed by atoms with Crippen LogP contribution in [-0.4, -0.2) is 47.1 Å². The lowest BCUT2D eigenvalue weighted by atomic mass is 10.2. The van der Waals surface area contributed by atoms with E-state index in [0.717, 1.165) is 36.4 Å².